The molecule has 2 heterocycles. The summed E-state index contributed by atoms with van der Waals surface area (Å²) in [5, 5.41) is 2.56. The molecule has 3 rings (SSSR count). The van der Waals surface area contributed by atoms with Crippen molar-refractivity contribution in [1.29, 1.82) is 0 Å². The Balaban J connectivity index is 1.98. The number of amides is 3. The fourth-order valence-electron chi connectivity index (χ4n) is 2.11. The van der Waals surface area contributed by atoms with E-state index in [1.807, 2.05) is 24.3 Å². The lowest BCUT2D eigenvalue weighted by atomic mass is 10.1. The molecule has 5 heteroatoms. The van der Waals surface area contributed by atoms with E-state index in [2.05, 4.69) is 5.32 Å². The largest absolute Gasteiger partial charge is 0.329 e. The molecule has 1 unspecified atom stereocenters. The zero-order valence-corrected chi connectivity index (χ0v) is 9.29. The highest BCUT2D eigenvalue weighted by Crippen LogP contribution is 2.41. The Bertz CT molecular complexity index is 459. The third-order valence-corrected chi connectivity index (χ3v) is 4.03. The van der Waals surface area contributed by atoms with Crippen LogP contribution in [0, 0.1) is 0 Å². The Morgan fingerprint density at radius 2 is 2.12 bits per heavy atom. The molecule has 0 saturated carbocycles. The summed E-state index contributed by atoms with van der Waals surface area (Å²) in [6, 6.07) is 7.55. The smallest absolute Gasteiger partial charge is 0.325 e. The van der Waals surface area contributed by atoms with Crippen molar-refractivity contribution in [3.63, 3.8) is 0 Å². The van der Waals surface area contributed by atoms with Gasteiger partial charge in [-0.2, -0.15) is 0 Å². The van der Waals surface area contributed by atoms with Crippen LogP contribution < -0.4 is 5.32 Å². The minimum Gasteiger partial charge on any atom is -0.329 e. The summed E-state index contributed by atoms with van der Waals surface area (Å²) in [7, 11) is 0. The molecule has 3 amide bonds. The van der Waals surface area contributed by atoms with Gasteiger partial charge < -0.3 is 5.32 Å². The van der Waals surface area contributed by atoms with Crippen LogP contribution in [-0.4, -0.2) is 29.1 Å². The van der Waals surface area contributed by atoms with Gasteiger partial charge in [0.05, 0.1) is 12.6 Å². The van der Waals surface area contributed by atoms with Crippen molar-refractivity contribution in [2.45, 2.75) is 10.9 Å². The van der Waals surface area contributed by atoms with Gasteiger partial charge in [-0.1, -0.05) is 18.2 Å². The second-order valence-corrected chi connectivity index (χ2v) is 4.85. The molecule has 16 heavy (non-hydrogen) atoms. The van der Waals surface area contributed by atoms with Gasteiger partial charge in [-0.25, -0.2) is 4.79 Å². The first kappa shape index (κ1) is 9.72. The van der Waals surface area contributed by atoms with Crippen LogP contribution in [0.3, 0.4) is 0 Å². The molecule has 1 fully saturated rings. The number of fused-ring (bicyclic) bond motifs is 1. The Morgan fingerprint density at radius 3 is 2.88 bits per heavy atom. The summed E-state index contributed by atoms with van der Waals surface area (Å²) in [6.45, 7) is 0.127. The van der Waals surface area contributed by atoms with E-state index < -0.39 is 0 Å². The number of benzene rings is 1. The third-order valence-electron chi connectivity index (χ3n) is 2.86. The average molecular weight is 234 g/mol. The van der Waals surface area contributed by atoms with Crippen LogP contribution in [0.5, 0.6) is 0 Å². The van der Waals surface area contributed by atoms with E-state index >= 15 is 0 Å². The quantitative estimate of drug-likeness (QED) is 0.747. The maximum absolute atomic E-state index is 11.6. The van der Waals surface area contributed by atoms with E-state index in [0.717, 1.165) is 11.3 Å². The molecule has 0 aromatic heterocycles. The van der Waals surface area contributed by atoms with Crippen LogP contribution >= 0.6 is 11.8 Å². The number of rotatable bonds is 1. The van der Waals surface area contributed by atoms with Crippen molar-refractivity contribution in [2.24, 2.45) is 0 Å². The van der Waals surface area contributed by atoms with Gasteiger partial charge in [-0.15, -0.1) is 11.8 Å². The SMILES string of the molecule is O=C1CNC(=O)N1C1CSc2ccccc21. The molecular formula is C11H10N2O2S. The number of imide groups is 1. The van der Waals surface area contributed by atoms with Gasteiger partial charge in [0.2, 0.25) is 0 Å². The zero-order valence-electron chi connectivity index (χ0n) is 8.47. The first-order chi connectivity index (χ1) is 7.77. The third kappa shape index (κ3) is 1.31. The summed E-state index contributed by atoms with van der Waals surface area (Å²) in [5.74, 6) is 0.630. The molecule has 0 radical (unpaired) electrons. The van der Waals surface area contributed by atoms with Crippen LogP contribution in [0.2, 0.25) is 0 Å². The normalized spacial score (nSPS) is 23.5. The molecule has 0 spiro atoms. The number of urea groups is 1. The number of hydrogen-bond acceptors (Lipinski definition) is 3. The second kappa shape index (κ2) is 3.52. The first-order valence-corrected chi connectivity index (χ1v) is 6.07. The van der Waals surface area contributed by atoms with Crippen LogP contribution in [0.25, 0.3) is 0 Å². The van der Waals surface area contributed by atoms with Crippen molar-refractivity contribution in [1.82, 2.24) is 10.2 Å². The number of hydrogen-bond donors (Lipinski definition) is 1. The molecular weight excluding hydrogens is 224 g/mol. The fourth-order valence-corrected chi connectivity index (χ4v) is 3.32. The van der Waals surface area contributed by atoms with Gasteiger partial charge in [0, 0.05) is 10.6 Å². The van der Waals surface area contributed by atoms with Crippen molar-refractivity contribution in [3.8, 4) is 0 Å². The van der Waals surface area contributed by atoms with Crippen LogP contribution in [0.4, 0.5) is 4.79 Å². The van der Waals surface area contributed by atoms with Gasteiger partial charge in [-0.05, 0) is 11.6 Å². The van der Waals surface area contributed by atoms with Crippen molar-refractivity contribution >= 4 is 23.7 Å². The Morgan fingerprint density at radius 1 is 1.31 bits per heavy atom. The lowest BCUT2D eigenvalue weighted by Crippen LogP contribution is -2.35. The molecule has 1 atom stereocenters. The zero-order chi connectivity index (χ0) is 11.1. The molecule has 4 nitrogen and oxygen atoms in total. The van der Waals surface area contributed by atoms with Gasteiger partial charge in [0.25, 0.3) is 5.91 Å². The molecule has 0 aliphatic carbocycles. The van der Waals surface area contributed by atoms with E-state index in [4.69, 9.17) is 0 Å². The highest BCUT2D eigenvalue weighted by atomic mass is 32.2. The standard InChI is InChI=1S/C11H10N2O2S/c14-10-5-12-11(15)13(10)8-6-16-9-4-2-1-3-7(8)9/h1-4,8H,5-6H2,(H,12,15). The van der Waals surface area contributed by atoms with Crippen molar-refractivity contribution < 1.29 is 9.59 Å². The highest BCUT2D eigenvalue weighted by Gasteiger charge is 2.38. The molecule has 1 aromatic carbocycles. The number of carbonyl (C=O) groups excluding carboxylic acids is 2. The Labute approximate surface area is 97.0 Å². The van der Waals surface area contributed by atoms with E-state index in [1.54, 1.807) is 11.8 Å². The topological polar surface area (TPSA) is 49.4 Å². The lowest BCUT2D eigenvalue weighted by molar-refractivity contribution is -0.126. The van der Waals surface area contributed by atoms with Crippen molar-refractivity contribution in [3.05, 3.63) is 29.8 Å². The van der Waals surface area contributed by atoms with E-state index in [-0.39, 0.29) is 24.5 Å². The predicted octanol–water partition coefficient (Wildman–Crippen LogP) is 1.39. The monoisotopic (exact) mass is 234 g/mol. The summed E-state index contributed by atoms with van der Waals surface area (Å²) in [6.07, 6.45) is 0. The molecule has 1 N–H and O–H groups in total. The van der Waals surface area contributed by atoms with Crippen LogP contribution in [-0.2, 0) is 4.79 Å². The molecule has 2 aliphatic heterocycles. The van der Waals surface area contributed by atoms with Crippen LogP contribution in [0.1, 0.15) is 11.6 Å². The van der Waals surface area contributed by atoms with Gasteiger partial charge in [0.1, 0.15) is 0 Å². The summed E-state index contributed by atoms with van der Waals surface area (Å²) in [5.41, 5.74) is 1.08. The maximum Gasteiger partial charge on any atom is 0.325 e. The molecule has 1 saturated heterocycles. The maximum atomic E-state index is 11.6. The van der Waals surface area contributed by atoms with Crippen molar-refractivity contribution in [2.75, 3.05) is 12.3 Å². The minimum atomic E-state index is -0.271. The highest BCUT2D eigenvalue weighted by molar-refractivity contribution is 7.99. The predicted molar refractivity (Wildman–Crippen MR) is 60.2 cm³/mol. The van der Waals surface area contributed by atoms with Gasteiger partial charge in [0.15, 0.2) is 0 Å². The van der Waals surface area contributed by atoms with E-state index in [1.165, 1.54) is 9.80 Å². The molecule has 0 bridgehead atoms. The first-order valence-electron chi connectivity index (χ1n) is 5.09. The Hall–Kier alpha value is -1.49. The Kier molecular flexibility index (Phi) is 2.14. The summed E-state index contributed by atoms with van der Waals surface area (Å²) < 4.78 is 0. The van der Waals surface area contributed by atoms with Crippen LogP contribution in [0.15, 0.2) is 29.2 Å². The molecule has 82 valence electrons. The molecule has 2 aliphatic rings. The summed E-state index contributed by atoms with van der Waals surface area (Å²) >= 11 is 1.69. The number of nitrogens with one attached hydrogen (secondary N) is 1. The van der Waals surface area contributed by atoms with E-state index in [9.17, 15) is 9.59 Å². The average Bonchev–Trinajstić information content (AvgIpc) is 2.83. The number of nitrogens with zero attached hydrogens (tertiary/aromatic N) is 1. The summed E-state index contributed by atoms with van der Waals surface area (Å²) in [4.78, 5) is 25.7. The minimum absolute atomic E-state index is 0.101. The lowest BCUT2D eigenvalue weighted by Gasteiger charge is -2.20. The van der Waals surface area contributed by atoms with E-state index in [0.29, 0.717) is 0 Å². The number of carbonyl (C=O) groups is 2. The van der Waals surface area contributed by atoms with Gasteiger partial charge in [-0.3, -0.25) is 9.69 Å². The molecule has 1 aromatic rings. The second-order valence-electron chi connectivity index (χ2n) is 3.79. The fraction of sp³-hybridized carbons (Fsp3) is 0.273. The van der Waals surface area contributed by atoms with Gasteiger partial charge >= 0.3 is 6.03 Å². The number of thioether (sulfide) groups is 1.